The first-order valence-electron chi connectivity index (χ1n) is 15.4. The van der Waals surface area contributed by atoms with Gasteiger partial charge >= 0.3 is 11.8 Å². The lowest BCUT2D eigenvalue weighted by Gasteiger charge is -2.41. The standard InChI is InChI=1S/C34H41FN6O5/c1-19(2)27-29(20(3)12-13-36-27)41-31-23(16-24(35)28(37-31)26-22(18-42)10-9-11-25(26)45-8)30(38-32(41)43)40-15-14-39(17-21(40)4)33(44)46-34(5,6)7/h9-13,16,19,21,42H,14-15,17-18H2,1-8H3/t21-/m0/s1. The minimum atomic E-state index is -0.674. The number of anilines is 1. The number of hydrogen-bond acceptors (Lipinski definition) is 9. The van der Waals surface area contributed by atoms with Crippen molar-refractivity contribution in [1.82, 2.24) is 24.4 Å². The Morgan fingerprint density at radius 1 is 1.17 bits per heavy atom. The average Bonchev–Trinajstić information content (AvgIpc) is 2.99. The molecule has 12 heteroatoms. The normalized spacial score (nSPS) is 15.5. The number of amides is 1. The Balaban J connectivity index is 1.77. The molecule has 4 heterocycles. The van der Waals surface area contributed by atoms with E-state index in [1.54, 1.807) is 35.4 Å². The van der Waals surface area contributed by atoms with Crippen LogP contribution in [-0.2, 0) is 11.3 Å². The fourth-order valence-corrected chi connectivity index (χ4v) is 5.90. The highest BCUT2D eigenvalue weighted by Crippen LogP contribution is 2.38. The van der Waals surface area contributed by atoms with Gasteiger partial charge in [0, 0.05) is 31.9 Å². The summed E-state index contributed by atoms with van der Waals surface area (Å²) < 4.78 is 28.8. The van der Waals surface area contributed by atoms with Gasteiger partial charge in [0.05, 0.1) is 36.0 Å². The minimum Gasteiger partial charge on any atom is -0.496 e. The van der Waals surface area contributed by atoms with Crippen LogP contribution in [0.4, 0.5) is 15.0 Å². The predicted octanol–water partition coefficient (Wildman–Crippen LogP) is 5.36. The zero-order valence-electron chi connectivity index (χ0n) is 27.6. The number of rotatable bonds is 6. The number of hydrogen-bond donors (Lipinski definition) is 1. The molecule has 1 aliphatic rings. The number of carbonyl (C=O) groups excluding carboxylic acids is 1. The van der Waals surface area contributed by atoms with Crippen LogP contribution in [-0.4, -0.2) is 74.0 Å². The monoisotopic (exact) mass is 632 g/mol. The number of carbonyl (C=O) groups is 1. The van der Waals surface area contributed by atoms with Gasteiger partial charge in [0.25, 0.3) is 0 Å². The number of methoxy groups -OCH3 is 1. The van der Waals surface area contributed by atoms with Crippen LogP contribution in [0, 0.1) is 12.7 Å². The number of aryl methyl sites for hydroxylation is 1. The first-order chi connectivity index (χ1) is 21.7. The van der Waals surface area contributed by atoms with E-state index in [4.69, 9.17) is 14.5 Å². The van der Waals surface area contributed by atoms with Crippen LogP contribution >= 0.6 is 0 Å². The molecule has 1 atom stereocenters. The average molecular weight is 633 g/mol. The molecule has 0 aliphatic carbocycles. The molecule has 0 unspecified atom stereocenters. The third kappa shape index (κ3) is 6.13. The van der Waals surface area contributed by atoms with Crippen molar-refractivity contribution in [3.8, 4) is 22.7 Å². The maximum atomic E-state index is 16.3. The van der Waals surface area contributed by atoms with Gasteiger partial charge in [-0.1, -0.05) is 26.0 Å². The Bertz CT molecular complexity index is 1830. The molecule has 1 amide bonds. The Kier molecular flexibility index (Phi) is 9.03. The van der Waals surface area contributed by atoms with Crippen LogP contribution in [0.5, 0.6) is 5.75 Å². The molecule has 0 radical (unpaired) electrons. The van der Waals surface area contributed by atoms with E-state index in [1.807, 2.05) is 53.4 Å². The van der Waals surface area contributed by atoms with Crippen molar-refractivity contribution in [3.63, 3.8) is 0 Å². The van der Waals surface area contributed by atoms with E-state index in [-0.39, 0.29) is 41.3 Å². The minimum absolute atomic E-state index is 0.0485. The van der Waals surface area contributed by atoms with Crippen LogP contribution in [0.2, 0.25) is 0 Å². The number of halogens is 1. The van der Waals surface area contributed by atoms with Crippen LogP contribution in [0.3, 0.4) is 0 Å². The van der Waals surface area contributed by atoms with Crippen molar-refractivity contribution in [2.24, 2.45) is 0 Å². The maximum Gasteiger partial charge on any atom is 0.410 e. The summed E-state index contributed by atoms with van der Waals surface area (Å²) in [5.41, 5.74) is 1.54. The molecule has 1 aliphatic heterocycles. The number of piperazine rings is 1. The summed E-state index contributed by atoms with van der Waals surface area (Å²) in [6, 6.07) is 7.89. The first-order valence-corrected chi connectivity index (χ1v) is 15.4. The van der Waals surface area contributed by atoms with Crippen molar-refractivity contribution < 1.29 is 23.8 Å². The Morgan fingerprint density at radius 3 is 2.54 bits per heavy atom. The third-order valence-corrected chi connectivity index (χ3v) is 8.02. The van der Waals surface area contributed by atoms with Gasteiger partial charge in [0.2, 0.25) is 0 Å². The second-order valence-corrected chi connectivity index (χ2v) is 12.9. The van der Waals surface area contributed by atoms with Gasteiger partial charge in [0.1, 0.15) is 22.9 Å². The zero-order chi connectivity index (χ0) is 33.5. The highest BCUT2D eigenvalue weighted by atomic mass is 19.1. The number of aromatic nitrogens is 4. The number of aliphatic hydroxyl groups excluding tert-OH is 1. The van der Waals surface area contributed by atoms with Crippen molar-refractivity contribution >= 4 is 22.9 Å². The molecule has 46 heavy (non-hydrogen) atoms. The van der Waals surface area contributed by atoms with Crippen LogP contribution in [0.15, 0.2) is 41.3 Å². The molecular formula is C34H41FN6O5. The molecule has 1 fully saturated rings. The third-order valence-electron chi connectivity index (χ3n) is 8.02. The van der Waals surface area contributed by atoms with E-state index in [0.29, 0.717) is 47.7 Å². The number of aliphatic hydroxyl groups is 1. The SMILES string of the molecule is COc1cccc(CO)c1-c1nc2c(cc1F)c(N1CCN(C(=O)OC(C)(C)C)C[C@@H]1C)nc(=O)n2-c1c(C)ccnc1C(C)C. The summed E-state index contributed by atoms with van der Waals surface area (Å²) >= 11 is 0. The predicted molar refractivity (Wildman–Crippen MR) is 174 cm³/mol. The Labute approximate surface area is 267 Å². The number of nitrogens with zero attached hydrogens (tertiary/aromatic N) is 6. The molecule has 0 saturated carbocycles. The summed E-state index contributed by atoms with van der Waals surface area (Å²) in [5, 5.41) is 10.5. The van der Waals surface area contributed by atoms with Crippen molar-refractivity contribution in [3.05, 3.63) is 69.7 Å². The van der Waals surface area contributed by atoms with Gasteiger partial charge in [-0.05, 0) is 69.9 Å². The maximum absolute atomic E-state index is 16.3. The van der Waals surface area contributed by atoms with Crippen molar-refractivity contribution in [2.45, 2.75) is 72.6 Å². The molecule has 1 N–H and O–H groups in total. The second kappa shape index (κ2) is 12.7. The van der Waals surface area contributed by atoms with Gasteiger partial charge in [-0.2, -0.15) is 4.98 Å². The fraction of sp³-hybridized carbons (Fsp3) is 0.441. The van der Waals surface area contributed by atoms with Crippen LogP contribution < -0.4 is 15.3 Å². The molecule has 244 valence electrons. The van der Waals surface area contributed by atoms with Gasteiger partial charge in [-0.25, -0.2) is 23.5 Å². The largest absolute Gasteiger partial charge is 0.496 e. The molecule has 3 aromatic heterocycles. The quantitative estimate of drug-likeness (QED) is 0.299. The van der Waals surface area contributed by atoms with E-state index < -0.39 is 23.2 Å². The summed E-state index contributed by atoms with van der Waals surface area (Å²) in [5.74, 6) is -0.132. The topological polar surface area (TPSA) is 123 Å². The first kappa shape index (κ1) is 32.8. The smallest absolute Gasteiger partial charge is 0.410 e. The number of pyridine rings is 2. The molecule has 4 aromatic rings. The number of fused-ring (bicyclic) bond motifs is 1. The lowest BCUT2D eigenvalue weighted by Crippen LogP contribution is -2.55. The molecule has 5 rings (SSSR count). The highest BCUT2D eigenvalue weighted by Gasteiger charge is 2.33. The summed E-state index contributed by atoms with van der Waals surface area (Å²) in [4.78, 5) is 44.5. The molecule has 0 spiro atoms. The second-order valence-electron chi connectivity index (χ2n) is 12.9. The van der Waals surface area contributed by atoms with Gasteiger partial charge in [-0.15, -0.1) is 0 Å². The molecule has 1 aromatic carbocycles. The summed E-state index contributed by atoms with van der Waals surface area (Å²) in [6.45, 7) is 13.8. The summed E-state index contributed by atoms with van der Waals surface area (Å²) in [7, 11) is 1.46. The van der Waals surface area contributed by atoms with Crippen molar-refractivity contribution in [1.29, 1.82) is 0 Å². The van der Waals surface area contributed by atoms with E-state index in [2.05, 4.69) is 9.97 Å². The Hall–Kier alpha value is -4.58. The molecule has 1 saturated heterocycles. The van der Waals surface area contributed by atoms with Crippen molar-refractivity contribution in [2.75, 3.05) is 31.6 Å². The lowest BCUT2D eigenvalue weighted by molar-refractivity contribution is 0.0218. The summed E-state index contributed by atoms with van der Waals surface area (Å²) in [6.07, 6.45) is 1.27. The number of ether oxygens (including phenoxy) is 2. The van der Waals surface area contributed by atoms with E-state index >= 15 is 4.39 Å². The van der Waals surface area contributed by atoms with Gasteiger partial charge in [0.15, 0.2) is 11.5 Å². The Morgan fingerprint density at radius 2 is 1.91 bits per heavy atom. The molecule has 11 nitrogen and oxygen atoms in total. The van der Waals surface area contributed by atoms with E-state index in [9.17, 15) is 14.7 Å². The van der Waals surface area contributed by atoms with E-state index in [1.165, 1.54) is 17.7 Å². The van der Waals surface area contributed by atoms with Gasteiger partial charge < -0.3 is 24.4 Å². The highest BCUT2D eigenvalue weighted by molar-refractivity contribution is 5.91. The molecular weight excluding hydrogens is 591 g/mol. The van der Waals surface area contributed by atoms with Crippen LogP contribution in [0.25, 0.3) is 28.0 Å². The fourth-order valence-electron chi connectivity index (χ4n) is 5.90. The molecule has 0 bridgehead atoms. The van der Waals surface area contributed by atoms with E-state index in [0.717, 1.165) is 5.56 Å². The van der Waals surface area contributed by atoms with Crippen LogP contribution in [0.1, 0.15) is 64.3 Å². The lowest BCUT2D eigenvalue weighted by atomic mass is 10.0. The number of benzene rings is 1. The zero-order valence-corrected chi connectivity index (χ0v) is 27.6. The van der Waals surface area contributed by atoms with Gasteiger partial charge in [-0.3, -0.25) is 4.98 Å².